The topological polar surface area (TPSA) is 18.8 Å². The molecule has 2 atom stereocenters. The molecular formula is C20H23N3. The summed E-state index contributed by atoms with van der Waals surface area (Å²) >= 11 is 0. The van der Waals surface area contributed by atoms with Crippen LogP contribution >= 0.6 is 0 Å². The zero-order valence-corrected chi connectivity index (χ0v) is 14.0. The van der Waals surface area contributed by atoms with Gasteiger partial charge in [-0.25, -0.2) is 4.99 Å². The molecule has 2 aliphatic heterocycles. The van der Waals surface area contributed by atoms with Gasteiger partial charge in [-0.15, -0.1) is 0 Å². The molecule has 0 aliphatic carbocycles. The van der Waals surface area contributed by atoms with E-state index in [1.54, 1.807) is 0 Å². The highest BCUT2D eigenvalue weighted by molar-refractivity contribution is 6.21. The van der Waals surface area contributed by atoms with Crippen LogP contribution in [0.3, 0.4) is 0 Å². The Morgan fingerprint density at radius 2 is 1.70 bits per heavy atom. The number of hydrogen-bond acceptors (Lipinski definition) is 3. The van der Waals surface area contributed by atoms with Crippen molar-refractivity contribution in [1.82, 2.24) is 0 Å². The summed E-state index contributed by atoms with van der Waals surface area (Å²) in [5.74, 6) is 1.08. The first kappa shape index (κ1) is 14.3. The Kier molecular flexibility index (Phi) is 3.37. The van der Waals surface area contributed by atoms with Gasteiger partial charge in [0.2, 0.25) is 5.96 Å². The SMILES string of the molecule is CCCC1C(C)N=C2N(c3ccc(C)cc3)c3ccccc3N21. The molecule has 3 heteroatoms. The third-order valence-electron chi connectivity index (χ3n) is 4.88. The van der Waals surface area contributed by atoms with Crippen molar-refractivity contribution in [3.05, 3.63) is 54.1 Å². The van der Waals surface area contributed by atoms with Crippen molar-refractivity contribution in [2.45, 2.75) is 45.7 Å². The summed E-state index contributed by atoms with van der Waals surface area (Å²) in [4.78, 5) is 9.77. The largest absolute Gasteiger partial charge is 0.305 e. The summed E-state index contributed by atoms with van der Waals surface area (Å²) < 4.78 is 0. The summed E-state index contributed by atoms with van der Waals surface area (Å²) in [5.41, 5.74) is 5.00. The van der Waals surface area contributed by atoms with Crippen LogP contribution in [0.4, 0.5) is 17.1 Å². The first-order valence-electron chi connectivity index (χ1n) is 8.53. The van der Waals surface area contributed by atoms with Gasteiger partial charge in [0.05, 0.1) is 23.5 Å². The zero-order valence-electron chi connectivity index (χ0n) is 14.0. The summed E-state index contributed by atoms with van der Waals surface area (Å²) in [7, 11) is 0. The number of fused-ring (bicyclic) bond motifs is 3. The zero-order chi connectivity index (χ0) is 16.0. The second kappa shape index (κ2) is 5.41. The Hall–Kier alpha value is -2.29. The molecule has 2 aromatic carbocycles. The fourth-order valence-corrected chi connectivity index (χ4v) is 3.73. The van der Waals surface area contributed by atoms with E-state index in [4.69, 9.17) is 4.99 Å². The molecule has 0 amide bonds. The second-order valence-electron chi connectivity index (χ2n) is 6.56. The van der Waals surface area contributed by atoms with Gasteiger partial charge in [-0.05, 0) is 44.5 Å². The predicted molar refractivity (Wildman–Crippen MR) is 97.8 cm³/mol. The number of aryl methyl sites for hydroxylation is 1. The highest BCUT2D eigenvalue weighted by atomic mass is 15.5. The minimum Gasteiger partial charge on any atom is -0.305 e. The molecule has 2 aliphatic rings. The molecule has 118 valence electrons. The van der Waals surface area contributed by atoms with Crippen LogP contribution in [0.15, 0.2) is 53.5 Å². The Bertz CT molecular complexity index is 748. The lowest BCUT2D eigenvalue weighted by Crippen LogP contribution is -2.40. The molecule has 0 fully saturated rings. The number of anilines is 3. The van der Waals surface area contributed by atoms with Crippen LogP contribution in [0, 0.1) is 6.92 Å². The van der Waals surface area contributed by atoms with Crippen molar-refractivity contribution in [3.63, 3.8) is 0 Å². The smallest absolute Gasteiger partial charge is 0.211 e. The molecule has 4 rings (SSSR count). The number of hydrogen-bond donors (Lipinski definition) is 0. The number of rotatable bonds is 3. The van der Waals surface area contributed by atoms with Gasteiger partial charge in [0.15, 0.2) is 0 Å². The maximum Gasteiger partial charge on any atom is 0.211 e. The molecule has 0 spiro atoms. The van der Waals surface area contributed by atoms with Gasteiger partial charge in [-0.3, -0.25) is 4.90 Å². The van der Waals surface area contributed by atoms with Crippen LogP contribution in [0.2, 0.25) is 0 Å². The molecule has 2 heterocycles. The van der Waals surface area contributed by atoms with E-state index < -0.39 is 0 Å². The first-order valence-corrected chi connectivity index (χ1v) is 8.53. The van der Waals surface area contributed by atoms with Gasteiger partial charge in [-0.1, -0.05) is 43.2 Å². The van der Waals surface area contributed by atoms with Crippen LogP contribution in [0.25, 0.3) is 0 Å². The molecule has 23 heavy (non-hydrogen) atoms. The van der Waals surface area contributed by atoms with E-state index >= 15 is 0 Å². The lowest BCUT2D eigenvalue weighted by atomic mass is 10.0. The predicted octanol–water partition coefficient (Wildman–Crippen LogP) is 4.88. The number of para-hydroxylation sites is 2. The average Bonchev–Trinajstić information content (AvgIpc) is 3.03. The van der Waals surface area contributed by atoms with E-state index in [2.05, 4.69) is 79.1 Å². The molecule has 0 radical (unpaired) electrons. The standard InChI is InChI=1S/C20H23N3/c1-4-7-17-15(3)21-20-22(16-12-10-14(2)11-13-16)18-8-5-6-9-19(18)23(17)20/h5-6,8-13,15,17H,4,7H2,1-3H3. The quantitative estimate of drug-likeness (QED) is 0.805. The van der Waals surface area contributed by atoms with Crippen LogP contribution in [-0.4, -0.2) is 18.0 Å². The number of aliphatic imine (C=N–C) groups is 1. The van der Waals surface area contributed by atoms with Crippen molar-refractivity contribution in [1.29, 1.82) is 0 Å². The molecule has 2 unspecified atom stereocenters. The molecule has 0 saturated heterocycles. The third-order valence-corrected chi connectivity index (χ3v) is 4.88. The van der Waals surface area contributed by atoms with Gasteiger partial charge in [-0.2, -0.15) is 0 Å². The molecule has 2 aromatic rings. The summed E-state index contributed by atoms with van der Waals surface area (Å²) in [5, 5.41) is 0. The number of benzene rings is 2. The Morgan fingerprint density at radius 3 is 2.39 bits per heavy atom. The molecule has 0 aromatic heterocycles. The Balaban J connectivity index is 1.84. The normalized spacial score (nSPS) is 22.1. The van der Waals surface area contributed by atoms with Gasteiger partial charge in [0.25, 0.3) is 0 Å². The highest BCUT2D eigenvalue weighted by Crippen LogP contribution is 2.46. The molecule has 0 bridgehead atoms. The summed E-state index contributed by atoms with van der Waals surface area (Å²) in [6, 6.07) is 18.2. The first-order chi connectivity index (χ1) is 11.2. The maximum absolute atomic E-state index is 5.01. The molecular weight excluding hydrogens is 282 g/mol. The van der Waals surface area contributed by atoms with Gasteiger partial charge >= 0.3 is 0 Å². The fraction of sp³-hybridized carbons (Fsp3) is 0.350. The van der Waals surface area contributed by atoms with Crippen LogP contribution in [0.1, 0.15) is 32.3 Å². The third kappa shape index (κ3) is 2.14. The minimum atomic E-state index is 0.339. The van der Waals surface area contributed by atoms with Crippen molar-refractivity contribution >= 4 is 23.0 Å². The highest BCUT2D eigenvalue weighted by Gasteiger charge is 2.43. The summed E-state index contributed by atoms with van der Waals surface area (Å²) in [6.45, 7) is 6.62. The Morgan fingerprint density at radius 1 is 1.00 bits per heavy atom. The van der Waals surface area contributed by atoms with E-state index in [1.165, 1.54) is 35.5 Å². The van der Waals surface area contributed by atoms with Crippen molar-refractivity contribution in [2.75, 3.05) is 9.80 Å². The molecule has 0 N–H and O–H groups in total. The molecule has 3 nitrogen and oxygen atoms in total. The number of guanidine groups is 1. The van der Waals surface area contributed by atoms with Crippen molar-refractivity contribution in [3.8, 4) is 0 Å². The van der Waals surface area contributed by atoms with Crippen LogP contribution in [0.5, 0.6) is 0 Å². The minimum absolute atomic E-state index is 0.339. The van der Waals surface area contributed by atoms with Crippen LogP contribution in [-0.2, 0) is 0 Å². The lowest BCUT2D eigenvalue weighted by molar-refractivity contribution is 0.546. The average molecular weight is 305 g/mol. The van der Waals surface area contributed by atoms with E-state index in [9.17, 15) is 0 Å². The lowest BCUT2D eigenvalue weighted by Gasteiger charge is -2.25. The maximum atomic E-state index is 5.01. The second-order valence-corrected chi connectivity index (χ2v) is 6.56. The van der Waals surface area contributed by atoms with E-state index in [1.807, 2.05) is 0 Å². The number of nitrogens with zero attached hydrogens (tertiary/aromatic N) is 3. The van der Waals surface area contributed by atoms with Crippen molar-refractivity contribution < 1.29 is 0 Å². The van der Waals surface area contributed by atoms with E-state index in [0.717, 1.165) is 5.96 Å². The summed E-state index contributed by atoms with van der Waals surface area (Å²) in [6.07, 6.45) is 2.35. The van der Waals surface area contributed by atoms with Gasteiger partial charge in [0, 0.05) is 5.69 Å². The fourth-order valence-electron chi connectivity index (χ4n) is 3.73. The monoisotopic (exact) mass is 305 g/mol. The molecule has 0 saturated carbocycles. The van der Waals surface area contributed by atoms with E-state index in [0.29, 0.717) is 12.1 Å². The van der Waals surface area contributed by atoms with Crippen LogP contribution < -0.4 is 9.80 Å². The van der Waals surface area contributed by atoms with Crippen molar-refractivity contribution in [2.24, 2.45) is 4.99 Å². The van der Waals surface area contributed by atoms with Gasteiger partial charge in [0.1, 0.15) is 0 Å². The Labute approximate surface area is 138 Å². The van der Waals surface area contributed by atoms with E-state index in [-0.39, 0.29) is 0 Å². The van der Waals surface area contributed by atoms with Gasteiger partial charge < -0.3 is 4.90 Å².